The molecule has 2 aromatic carbocycles. The van der Waals surface area contributed by atoms with Gasteiger partial charge in [-0.2, -0.15) is 0 Å². The number of carbonyl (C=O) groups excluding carboxylic acids is 2. The number of nitrogens with one attached hydrogen (secondary N) is 2. The van der Waals surface area contributed by atoms with E-state index in [0.29, 0.717) is 11.4 Å². The highest BCUT2D eigenvalue weighted by Crippen LogP contribution is 2.23. The molecule has 0 aliphatic carbocycles. The van der Waals surface area contributed by atoms with Gasteiger partial charge in [0.25, 0.3) is 5.91 Å². The summed E-state index contributed by atoms with van der Waals surface area (Å²) in [5.74, 6) is -0.743. The summed E-state index contributed by atoms with van der Waals surface area (Å²) in [6, 6.07) is 13.2. The first-order chi connectivity index (χ1) is 13.7. The maximum absolute atomic E-state index is 12.2. The van der Waals surface area contributed by atoms with E-state index >= 15 is 0 Å². The largest absolute Gasteiger partial charge is 0.495 e. The molecule has 1 amide bonds. The number of para-hydroxylation sites is 2. The molecule has 0 bridgehead atoms. The van der Waals surface area contributed by atoms with E-state index < -0.39 is 28.0 Å². The normalized spacial score (nSPS) is 12.1. The molecule has 0 saturated heterocycles. The van der Waals surface area contributed by atoms with Crippen LogP contribution in [-0.4, -0.2) is 40.1 Å². The van der Waals surface area contributed by atoms with Crippen molar-refractivity contribution in [3.05, 3.63) is 54.1 Å². The number of hydrogen-bond donors (Lipinski definition) is 2. The number of sulfonamides is 1. The van der Waals surface area contributed by atoms with Gasteiger partial charge in [-0.25, -0.2) is 13.1 Å². The predicted octanol–water partition coefficient (Wildman–Crippen LogP) is 2.24. The lowest BCUT2D eigenvalue weighted by Crippen LogP contribution is -2.32. The van der Waals surface area contributed by atoms with Gasteiger partial charge in [0.15, 0.2) is 6.10 Å². The molecule has 0 unspecified atom stereocenters. The van der Waals surface area contributed by atoms with Gasteiger partial charge >= 0.3 is 5.97 Å². The van der Waals surface area contributed by atoms with Crippen molar-refractivity contribution in [2.24, 2.45) is 0 Å². The molecule has 0 radical (unpaired) electrons. The Hall–Kier alpha value is -2.91. The van der Waals surface area contributed by atoms with Crippen LogP contribution in [0.1, 0.15) is 18.9 Å². The molecule has 0 aliphatic rings. The van der Waals surface area contributed by atoms with Crippen LogP contribution in [0, 0.1) is 6.92 Å². The summed E-state index contributed by atoms with van der Waals surface area (Å²) in [5.41, 5.74) is 1.39. The topological polar surface area (TPSA) is 111 Å². The van der Waals surface area contributed by atoms with Gasteiger partial charge in [0.1, 0.15) is 5.75 Å². The van der Waals surface area contributed by atoms with Gasteiger partial charge in [0.05, 0.1) is 24.1 Å². The van der Waals surface area contributed by atoms with Crippen molar-refractivity contribution < 1.29 is 27.5 Å². The minimum atomic E-state index is -3.72. The molecular weight excluding hydrogens is 396 g/mol. The fourth-order valence-electron chi connectivity index (χ4n) is 2.38. The number of esters is 1. The van der Waals surface area contributed by atoms with Crippen molar-refractivity contribution >= 4 is 27.6 Å². The molecule has 0 aromatic heterocycles. The first kappa shape index (κ1) is 22.4. The Morgan fingerprint density at radius 2 is 1.72 bits per heavy atom. The van der Waals surface area contributed by atoms with E-state index in [2.05, 4.69) is 10.0 Å². The van der Waals surface area contributed by atoms with Crippen LogP contribution in [0.5, 0.6) is 5.75 Å². The molecule has 9 heteroatoms. The van der Waals surface area contributed by atoms with Crippen LogP contribution in [0.4, 0.5) is 5.69 Å². The van der Waals surface area contributed by atoms with E-state index in [4.69, 9.17) is 9.47 Å². The van der Waals surface area contributed by atoms with Crippen molar-refractivity contribution in [1.82, 2.24) is 4.72 Å². The number of hydrogen-bond acceptors (Lipinski definition) is 6. The zero-order valence-corrected chi connectivity index (χ0v) is 17.3. The van der Waals surface area contributed by atoms with Crippen molar-refractivity contribution in [2.75, 3.05) is 19.0 Å². The highest BCUT2D eigenvalue weighted by Gasteiger charge is 2.20. The summed E-state index contributed by atoms with van der Waals surface area (Å²) in [7, 11) is -2.24. The fraction of sp³-hybridized carbons (Fsp3) is 0.300. The molecule has 0 heterocycles. The summed E-state index contributed by atoms with van der Waals surface area (Å²) in [4.78, 5) is 24.3. The lowest BCUT2D eigenvalue weighted by molar-refractivity contribution is -0.152. The molecule has 8 nitrogen and oxygen atoms in total. The van der Waals surface area contributed by atoms with Gasteiger partial charge in [-0.05, 0) is 38.1 Å². The van der Waals surface area contributed by atoms with Crippen molar-refractivity contribution in [3.8, 4) is 5.75 Å². The molecule has 156 valence electrons. The quantitative estimate of drug-likeness (QED) is 0.602. The third kappa shape index (κ3) is 6.58. The Balaban J connectivity index is 1.82. The number of methoxy groups -OCH3 is 1. The fourth-order valence-corrected chi connectivity index (χ4v) is 3.41. The Labute approximate surface area is 170 Å². The zero-order chi connectivity index (χ0) is 21.4. The minimum Gasteiger partial charge on any atom is -0.495 e. The van der Waals surface area contributed by atoms with Gasteiger partial charge in [-0.3, -0.25) is 9.59 Å². The highest BCUT2D eigenvalue weighted by molar-refractivity contribution is 7.89. The number of anilines is 1. The number of benzene rings is 2. The van der Waals surface area contributed by atoms with Gasteiger partial charge in [-0.15, -0.1) is 0 Å². The third-order valence-electron chi connectivity index (χ3n) is 3.99. The van der Waals surface area contributed by atoms with Crippen molar-refractivity contribution in [1.29, 1.82) is 0 Å². The Morgan fingerprint density at radius 3 is 2.38 bits per heavy atom. The van der Waals surface area contributed by atoms with Crippen LogP contribution in [0.25, 0.3) is 0 Å². The van der Waals surface area contributed by atoms with Crippen LogP contribution in [0.2, 0.25) is 0 Å². The Bertz CT molecular complexity index is 957. The summed E-state index contributed by atoms with van der Waals surface area (Å²) in [6.45, 7) is 3.14. The third-order valence-corrected chi connectivity index (χ3v) is 5.47. The van der Waals surface area contributed by atoms with Gasteiger partial charge in [-0.1, -0.05) is 29.8 Å². The monoisotopic (exact) mass is 420 g/mol. The van der Waals surface area contributed by atoms with Crippen molar-refractivity contribution in [3.63, 3.8) is 0 Å². The van der Waals surface area contributed by atoms with Crippen LogP contribution in [-0.2, 0) is 24.3 Å². The smallest absolute Gasteiger partial charge is 0.307 e. The molecule has 0 aliphatic heterocycles. The first-order valence-corrected chi connectivity index (χ1v) is 10.4. The predicted molar refractivity (Wildman–Crippen MR) is 108 cm³/mol. The lowest BCUT2D eigenvalue weighted by Gasteiger charge is -2.15. The SMILES string of the molecule is COc1ccccc1NC(=O)[C@H](C)OC(=O)CCNS(=O)(=O)c1ccc(C)cc1. The molecular formula is C20H24N2O6S. The van der Waals surface area contributed by atoms with Crippen LogP contribution >= 0.6 is 0 Å². The average Bonchev–Trinajstić information content (AvgIpc) is 2.68. The van der Waals surface area contributed by atoms with E-state index in [0.717, 1.165) is 5.56 Å². The van der Waals surface area contributed by atoms with Gasteiger partial charge < -0.3 is 14.8 Å². The van der Waals surface area contributed by atoms with E-state index in [1.54, 1.807) is 36.4 Å². The maximum Gasteiger partial charge on any atom is 0.307 e. The molecule has 0 spiro atoms. The number of amides is 1. The number of rotatable bonds is 9. The number of carbonyl (C=O) groups is 2. The minimum absolute atomic E-state index is 0.112. The lowest BCUT2D eigenvalue weighted by atomic mass is 10.2. The highest BCUT2D eigenvalue weighted by atomic mass is 32.2. The maximum atomic E-state index is 12.2. The summed E-state index contributed by atoms with van der Waals surface area (Å²) in [5, 5.41) is 2.62. The number of aryl methyl sites for hydroxylation is 1. The van der Waals surface area contributed by atoms with E-state index in [9.17, 15) is 18.0 Å². The van der Waals surface area contributed by atoms with Crippen LogP contribution < -0.4 is 14.8 Å². The molecule has 2 N–H and O–H groups in total. The van der Waals surface area contributed by atoms with Gasteiger partial charge in [0.2, 0.25) is 10.0 Å². The van der Waals surface area contributed by atoms with Crippen molar-refractivity contribution in [2.45, 2.75) is 31.3 Å². The van der Waals surface area contributed by atoms with E-state index in [1.165, 1.54) is 26.2 Å². The molecule has 0 saturated carbocycles. The number of ether oxygens (including phenoxy) is 2. The zero-order valence-electron chi connectivity index (χ0n) is 16.5. The van der Waals surface area contributed by atoms with Crippen LogP contribution in [0.15, 0.2) is 53.4 Å². The molecule has 29 heavy (non-hydrogen) atoms. The second kappa shape index (κ2) is 10.0. The standard InChI is InChI=1S/C20H24N2O6S/c1-14-8-10-16(11-9-14)29(25,26)21-13-12-19(23)28-15(2)20(24)22-17-6-4-5-7-18(17)27-3/h4-11,15,21H,12-13H2,1-3H3,(H,22,24)/t15-/m0/s1. The Morgan fingerprint density at radius 1 is 1.07 bits per heavy atom. The second-order valence-electron chi connectivity index (χ2n) is 6.28. The van der Waals surface area contributed by atoms with Crippen LogP contribution in [0.3, 0.4) is 0 Å². The average molecular weight is 420 g/mol. The second-order valence-corrected chi connectivity index (χ2v) is 8.05. The summed E-state index contributed by atoms with van der Waals surface area (Å²) >= 11 is 0. The molecule has 2 rings (SSSR count). The summed E-state index contributed by atoms with van der Waals surface area (Å²) in [6.07, 6.45) is -1.27. The van der Waals surface area contributed by atoms with E-state index in [1.807, 2.05) is 6.92 Å². The molecule has 2 aromatic rings. The van der Waals surface area contributed by atoms with Gasteiger partial charge in [0, 0.05) is 6.54 Å². The Kier molecular flexibility index (Phi) is 7.74. The molecule has 0 fully saturated rings. The molecule has 1 atom stereocenters. The van der Waals surface area contributed by atoms with E-state index in [-0.39, 0.29) is 17.9 Å². The first-order valence-electron chi connectivity index (χ1n) is 8.92. The summed E-state index contributed by atoms with van der Waals surface area (Å²) < 4.78 is 36.9.